The molecule has 0 fully saturated rings. The fourth-order valence-corrected chi connectivity index (χ4v) is 1.11. The van der Waals surface area contributed by atoms with E-state index in [4.69, 9.17) is 5.73 Å². The highest BCUT2D eigenvalue weighted by molar-refractivity contribution is 5.66. The number of aromatic amines is 2. The first kappa shape index (κ1) is 10.8. The molecule has 0 radical (unpaired) electrons. The van der Waals surface area contributed by atoms with Gasteiger partial charge in [0.2, 0.25) is 0 Å². The van der Waals surface area contributed by atoms with Crippen molar-refractivity contribution >= 4 is 17.3 Å². The molecule has 0 atom stereocenters. The molecule has 0 aliphatic rings. The summed E-state index contributed by atoms with van der Waals surface area (Å²) in [5.74, 6) is -1.01. The standard InChI is InChI=1S/C8H7FN6O2/c9-3-1-11-8(17)15-6(3)13-4-2-12-7(16)14-5(4)10/h1-2H,(H3,10,12,14,16)(H2,11,13,15,17). The summed E-state index contributed by atoms with van der Waals surface area (Å²) >= 11 is 0. The summed E-state index contributed by atoms with van der Waals surface area (Å²) in [6.07, 6.45) is 1.88. The summed E-state index contributed by atoms with van der Waals surface area (Å²) in [4.78, 5) is 32.6. The fraction of sp³-hybridized carbons (Fsp3) is 0. The van der Waals surface area contributed by atoms with Crippen molar-refractivity contribution in [2.75, 3.05) is 11.1 Å². The second kappa shape index (κ2) is 4.04. The number of hydrogen-bond donors (Lipinski definition) is 4. The fourth-order valence-electron chi connectivity index (χ4n) is 1.11. The first-order chi connectivity index (χ1) is 8.06. The molecule has 9 heteroatoms. The second-order valence-electron chi connectivity index (χ2n) is 3.05. The van der Waals surface area contributed by atoms with Crippen LogP contribution in [0.2, 0.25) is 0 Å². The average molecular weight is 238 g/mol. The van der Waals surface area contributed by atoms with Gasteiger partial charge in [0.25, 0.3) is 0 Å². The van der Waals surface area contributed by atoms with Crippen LogP contribution in [0.5, 0.6) is 0 Å². The van der Waals surface area contributed by atoms with E-state index in [0.717, 1.165) is 12.4 Å². The van der Waals surface area contributed by atoms with E-state index in [1.807, 2.05) is 0 Å². The molecule has 2 heterocycles. The van der Waals surface area contributed by atoms with E-state index in [9.17, 15) is 14.0 Å². The van der Waals surface area contributed by atoms with E-state index in [2.05, 4.69) is 25.3 Å². The molecule has 2 rings (SSSR count). The Labute approximate surface area is 92.7 Å². The molecule has 0 unspecified atom stereocenters. The summed E-state index contributed by atoms with van der Waals surface area (Å²) in [6, 6.07) is 0. The number of nitrogen functional groups attached to an aromatic ring is 1. The molecular formula is C8H7FN6O2. The predicted molar refractivity (Wildman–Crippen MR) is 57.4 cm³/mol. The Morgan fingerprint density at radius 2 is 1.82 bits per heavy atom. The molecule has 2 aromatic heterocycles. The lowest BCUT2D eigenvalue weighted by atomic mass is 10.4. The third kappa shape index (κ3) is 2.27. The molecule has 0 aliphatic carbocycles. The van der Waals surface area contributed by atoms with Crippen LogP contribution >= 0.6 is 0 Å². The van der Waals surface area contributed by atoms with Crippen LogP contribution in [0.3, 0.4) is 0 Å². The first-order valence-electron chi connectivity index (χ1n) is 4.43. The number of anilines is 3. The molecule has 17 heavy (non-hydrogen) atoms. The normalized spacial score (nSPS) is 10.2. The van der Waals surface area contributed by atoms with Crippen molar-refractivity contribution in [3.8, 4) is 0 Å². The Bertz CT molecular complexity index is 664. The third-order valence-electron chi connectivity index (χ3n) is 1.87. The topological polar surface area (TPSA) is 130 Å². The van der Waals surface area contributed by atoms with Crippen LogP contribution in [0.4, 0.5) is 21.7 Å². The molecular weight excluding hydrogens is 231 g/mol. The molecule has 0 aromatic carbocycles. The minimum Gasteiger partial charge on any atom is -0.383 e. The molecule has 2 aromatic rings. The van der Waals surface area contributed by atoms with Crippen LogP contribution in [0.15, 0.2) is 22.0 Å². The Balaban J connectivity index is 2.41. The molecule has 0 amide bonds. The SMILES string of the molecule is Nc1[nH]c(=O)ncc1Nc1[nH]c(=O)ncc1F. The maximum atomic E-state index is 13.2. The summed E-state index contributed by atoms with van der Waals surface area (Å²) in [5, 5.41) is 2.48. The minimum atomic E-state index is -0.768. The summed E-state index contributed by atoms with van der Waals surface area (Å²) in [6.45, 7) is 0. The Hall–Kier alpha value is -2.71. The highest BCUT2D eigenvalue weighted by atomic mass is 19.1. The Kier molecular flexibility index (Phi) is 2.57. The largest absolute Gasteiger partial charge is 0.383 e. The van der Waals surface area contributed by atoms with Gasteiger partial charge in [0.1, 0.15) is 11.6 Å². The molecule has 0 bridgehead atoms. The van der Waals surface area contributed by atoms with E-state index in [-0.39, 0.29) is 17.3 Å². The minimum absolute atomic E-state index is 0.0259. The number of H-pyrrole nitrogens is 2. The van der Waals surface area contributed by atoms with Crippen LogP contribution in [0, 0.1) is 5.82 Å². The van der Waals surface area contributed by atoms with Crippen LogP contribution in [0.25, 0.3) is 0 Å². The van der Waals surface area contributed by atoms with Crippen LogP contribution < -0.4 is 22.4 Å². The first-order valence-corrected chi connectivity index (χ1v) is 4.43. The van der Waals surface area contributed by atoms with Crippen molar-refractivity contribution in [3.05, 3.63) is 39.2 Å². The average Bonchev–Trinajstić information content (AvgIpc) is 2.27. The zero-order chi connectivity index (χ0) is 12.4. The van der Waals surface area contributed by atoms with Crippen molar-refractivity contribution in [1.82, 2.24) is 19.9 Å². The third-order valence-corrected chi connectivity index (χ3v) is 1.87. The molecule has 88 valence electrons. The molecule has 0 aliphatic heterocycles. The molecule has 5 N–H and O–H groups in total. The molecule has 0 saturated carbocycles. The summed E-state index contributed by atoms with van der Waals surface area (Å²) < 4.78 is 13.2. The number of rotatable bonds is 2. The van der Waals surface area contributed by atoms with Gasteiger partial charge in [-0.1, -0.05) is 0 Å². The van der Waals surface area contributed by atoms with E-state index < -0.39 is 17.2 Å². The zero-order valence-corrected chi connectivity index (χ0v) is 8.32. The maximum absolute atomic E-state index is 13.2. The van der Waals surface area contributed by atoms with E-state index in [0.29, 0.717) is 0 Å². The second-order valence-corrected chi connectivity index (χ2v) is 3.05. The quantitative estimate of drug-likeness (QED) is 0.548. The van der Waals surface area contributed by atoms with Gasteiger partial charge in [-0.05, 0) is 0 Å². The van der Waals surface area contributed by atoms with Crippen molar-refractivity contribution in [1.29, 1.82) is 0 Å². The zero-order valence-electron chi connectivity index (χ0n) is 8.32. The van der Waals surface area contributed by atoms with Gasteiger partial charge in [-0.2, -0.15) is 9.97 Å². The Morgan fingerprint density at radius 1 is 1.18 bits per heavy atom. The number of nitrogens with zero attached hydrogens (tertiary/aromatic N) is 2. The van der Waals surface area contributed by atoms with Crippen LogP contribution in [-0.4, -0.2) is 19.9 Å². The molecule has 0 saturated heterocycles. The lowest BCUT2D eigenvalue weighted by Crippen LogP contribution is -2.16. The summed E-state index contributed by atoms with van der Waals surface area (Å²) in [5.41, 5.74) is 4.28. The number of halogens is 1. The van der Waals surface area contributed by atoms with Gasteiger partial charge in [0, 0.05) is 0 Å². The van der Waals surface area contributed by atoms with Crippen molar-refractivity contribution < 1.29 is 4.39 Å². The lowest BCUT2D eigenvalue weighted by molar-refractivity contribution is 0.616. The van der Waals surface area contributed by atoms with Gasteiger partial charge in [0.05, 0.1) is 18.1 Å². The van der Waals surface area contributed by atoms with Gasteiger partial charge in [-0.15, -0.1) is 0 Å². The van der Waals surface area contributed by atoms with Gasteiger partial charge in [0.15, 0.2) is 5.82 Å². The van der Waals surface area contributed by atoms with Gasteiger partial charge in [-0.25, -0.2) is 14.0 Å². The van der Waals surface area contributed by atoms with Crippen LogP contribution in [-0.2, 0) is 0 Å². The Morgan fingerprint density at radius 3 is 2.53 bits per heavy atom. The highest BCUT2D eigenvalue weighted by Gasteiger charge is 2.07. The van der Waals surface area contributed by atoms with Gasteiger partial charge >= 0.3 is 11.4 Å². The van der Waals surface area contributed by atoms with Crippen LogP contribution in [0.1, 0.15) is 0 Å². The van der Waals surface area contributed by atoms with Crippen molar-refractivity contribution in [3.63, 3.8) is 0 Å². The maximum Gasteiger partial charge on any atom is 0.346 e. The van der Waals surface area contributed by atoms with Crippen molar-refractivity contribution in [2.24, 2.45) is 0 Å². The number of nitrogens with one attached hydrogen (secondary N) is 3. The van der Waals surface area contributed by atoms with E-state index >= 15 is 0 Å². The number of nitrogens with two attached hydrogens (primary N) is 1. The van der Waals surface area contributed by atoms with Gasteiger partial charge < -0.3 is 11.1 Å². The van der Waals surface area contributed by atoms with Crippen molar-refractivity contribution in [2.45, 2.75) is 0 Å². The van der Waals surface area contributed by atoms with E-state index in [1.54, 1.807) is 0 Å². The highest BCUT2D eigenvalue weighted by Crippen LogP contribution is 2.17. The molecule has 8 nitrogen and oxygen atoms in total. The van der Waals surface area contributed by atoms with E-state index in [1.165, 1.54) is 0 Å². The monoisotopic (exact) mass is 238 g/mol. The lowest BCUT2D eigenvalue weighted by Gasteiger charge is -2.07. The number of hydrogen-bond acceptors (Lipinski definition) is 6. The number of aromatic nitrogens is 4. The molecule has 0 spiro atoms. The predicted octanol–water partition coefficient (Wildman–Crippen LogP) is -0.682. The smallest absolute Gasteiger partial charge is 0.346 e. The van der Waals surface area contributed by atoms with Gasteiger partial charge in [-0.3, -0.25) is 9.97 Å². The summed E-state index contributed by atoms with van der Waals surface area (Å²) in [7, 11) is 0.